The van der Waals surface area contributed by atoms with Crippen molar-refractivity contribution in [1.29, 1.82) is 0 Å². The van der Waals surface area contributed by atoms with Crippen molar-refractivity contribution < 1.29 is 19.4 Å². The highest BCUT2D eigenvalue weighted by Gasteiger charge is 2.12. The zero-order valence-electron chi connectivity index (χ0n) is 16.7. The normalized spacial score (nSPS) is 10.5. The van der Waals surface area contributed by atoms with Crippen LogP contribution >= 0.6 is 11.6 Å². The van der Waals surface area contributed by atoms with Crippen molar-refractivity contribution in [2.75, 3.05) is 7.11 Å². The molecule has 0 radical (unpaired) electrons. The summed E-state index contributed by atoms with van der Waals surface area (Å²) in [5.74, 6) is -0.153. The number of carbonyl (C=O) groups is 1. The van der Waals surface area contributed by atoms with Crippen LogP contribution < -0.4 is 20.7 Å². The van der Waals surface area contributed by atoms with Gasteiger partial charge in [-0.15, -0.1) is 0 Å². The van der Waals surface area contributed by atoms with Crippen molar-refractivity contribution in [3.8, 4) is 28.6 Å². The van der Waals surface area contributed by atoms with Crippen LogP contribution in [0.4, 0.5) is 0 Å². The number of benzene rings is 3. The van der Waals surface area contributed by atoms with Crippen LogP contribution in [0.2, 0.25) is 5.02 Å². The van der Waals surface area contributed by atoms with Gasteiger partial charge >= 0.3 is 0 Å². The summed E-state index contributed by atoms with van der Waals surface area (Å²) in [6.45, 7) is 1.69. The van der Waals surface area contributed by atoms with Gasteiger partial charge in [-0.05, 0) is 54.4 Å². The molecule has 0 atom stereocenters. The molecular formula is C22H20ClN3O4. The maximum atomic E-state index is 11.2. The first-order chi connectivity index (χ1) is 13.9. The topological polar surface area (TPSA) is 124 Å². The van der Waals surface area contributed by atoms with Crippen LogP contribution in [-0.2, 0) is 0 Å². The second-order valence-electron chi connectivity index (χ2n) is 6.49. The predicted octanol–water partition coefficient (Wildman–Crippen LogP) is 4.73. The number of fused-ring (bicyclic) bond motifs is 1. The number of aromatic amines is 1. The molecule has 5 N–H and O–H groups in total. The number of quaternary nitrogens is 1. The van der Waals surface area contributed by atoms with Gasteiger partial charge < -0.3 is 30.5 Å². The minimum absolute atomic E-state index is 0. The number of aryl methyl sites for hydroxylation is 1. The van der Waals surface area contributed by atoms with E-state index in [9.17, 15) is 9.90 Å². The zero-order chi connectivity index (χ0) is 20.5. The smallest absolute Gasteiger partial charge is 0.300 e. The Morgan fingerprint density at radius 2 is 1.77 bits per heavy atom. The second-order valence-corrected chi connectivity index (χ2v) is 6.89. The Balaban J connectivity index is 0.00000256. The molecule has 0 aliphatic rings. The molecular weight excluding hydrogens is 406 g/mol. The third-order valence-electron chi connectivity index (χ3n) is 4.59. The Morgan fingerprint density at radius 3 is 2.43 bits per heavy atom. The lowest BCUT2D eigenvalue weighted by Crippen LogP contribution is -2.23. The van der Waals surface area contributed by atoms with Crippen LogP contribution in [0.25, 0.3) is 22.2 Å². The minimum Gasteiger partial charge on any atom is -0.545 e. The predicted molar refractivity (Wildman–Crippen MR) is 115 cm³/mol. The van der Waals surface area contributed by atoms with E-state index in [0.29, 0.717) is 27.4 Å². The summed E-state index contributed by atoms with van der Waals surface area (Å²) < 4.78 is 10.9. The molecule has 0 saturated heterocycles. The molecule has 4 rings (SSSR count). The number of imidazole rings is 1. The van der Waals surface area contributed by atoms with E-state index in [1.54, 1.807) is 32.2 Å². The standard InChI is InChI=1S/C22H17ClN2O4.H3N/c1-12-3-6-15(9-16(12)21(26)27)29-22-24-19-10-17(18(23)11-20(19)25-22)13-4-7-14(28-2)8-5-13;/h3-11H,1-2H3,(H,24,25)(H,26,27);1H3. The van der Waals surface area contributed by atoms with Crippen LogP contribution in [0.15, 0.2) is 54.6 Å². The van der Waals surface area contributed by atoms with Gasteiger partial charge in [0.25, 0.3) is 6.01 Å². The molecule has 0 fully saturated rings. The molecule has 8 heteroatoms. The Labute approximate surface area is 177 Å². The summed E-state index contributed by atoms with van der Waals surface area (Å²) in [5.41, 5.74) is 3.80. The fourth-order valence-electron chi connectivity index (χ4n) is 3.04. The number of nitrogens with zero attached hydrogens (tertiary/aromatic N) is 1. The number of methoxy groups -OCH3 is 1. The van der Waals surface area contributed by atoms with Crippen molar-refractivity contribution in [1.82, 2.24) is 16.1 Å². The Hall–Kier alpha value is -3.55. The van der Waals surface area contributed by atoms with Gasteiger partial charge in [-0.25, -0.2) is 0 Å². The molecule has 0 aliphatic carbocycles. The molecule has 0 spiro atoms. The molecule has 30 heavy (non-hydrogen) atoms. The van der Waals surface area contributed by atoms with Gasteiger partial charge in [0.1, 0.15) is 11.5 Å². The summed E-state index contributed by atoms with van der Waals surface area (Å²) in [6.07, 6.45) is 0. The molecule has 154 valence electrons. The van der Waals surface area contributed by atoms with Gasteiger partial charge in [-0.2, -0.15) is 4.98 Å². The average molecular weight is 426 g/mol. The number of carboxylic acid groups (broad SMARTS) is 1. The first-order valence-electron chi connectivity index (χ1n) is 8.78. The van der Waals surface area contributed by atoms with E-state index >= 15 is 0 Å². The number of ether oxygens (including phenoxy) is 2. The lowest BCUT2D eigenvalue weighted by atomic mass is 10.0. The van der Waals surface area contributed by atoms with E-state index in [-0.39, 0.29) is 17.7 Å². The highest BCUT2D eigenvalue weighted by atomic mass is 35.5. The molecule has 7 nitrogen and oxygen atoms in total. The average Bonchev–Trinajstić information content (AvgIpc) is 3.09. The zero-order valence-corrected chi connectivity index (χ0v) is 17.4. The highest BCUT2D eigenvalue weighted by molar-refractivity contribution is 6.34. The van der Waals surface area contributed by atoms with Gasteiger partial charge in [-0.1, -0.05) is 29.8 Å². The van der Waals surface area contributed by atoms with Crippen LogP contribution in [0.1, 0.15) is 15.9 Å². The number of aromatic carboxylic acids is 1. The van der Waals surface area contributed by atoms with Crippen LogP contribution in [-0.4, -0.2) is 23.0 Å². The van der Waals surface area contributed by atoms with Crippen molar-refractivity contribution in [2.45, 2.75) is 6.92 Å². The molecule has 4 aromatic rings. The number of carbonyl (C=O) groups excluding carboxylic acids is 1. The number of hydrogen-bond acceptors (Lipinski definition) is 5. The first-order valence-corrected chi connectivity index (χ1v) is 9.16. The molecule has 0 unspecified atom stereocenters. The number of carboxylic acids is 1. The van der Waals surface area contributed by atoms with Crippen molar-refractivity contribution >= 4 is 28.6 Å². The summed E-state index contributed by atoms with van der Waals surface area (Å²) in [4.78, 5) is 18.7. The number of nitrogens with one attached hydrogen (secondary N) is 1. The van der Waals surface area contributed by atoms with Crippen molar-refractivity contribution in [3.63, 3.8) is 0 Å². The Kier molecular flexibility index (Phi) is 5.96. The fourth-order valence-corrected chi connectivity index (χ4v) is 3.32. The van der Waals surface area contributed by atoms with Crippen molar-refractivity contribution in [2.24, 2.45) is 0 Å². The molecule has 0 saturated carbocycles. The fraction of sp³-hybridized carbons (Fsp3) is 0.0909. The molecule has 0 bridgehead atoms. The third kappa shape index (κ3) is 4.07. The summed E-state index contributed by atoms with van der Waals surface area (Å²) >= 11 is 6.46. The van der Waals surface area contributed by atoms with E-state index in [1.807, 2.05) is 30.3 Å². The van der Waals surface area contributed by atoms with E-state index in [4.69, 9.17) is 21.1 Å². The maximum Gasteiger partial charge on any atom is 0.300 e. The van der Waals surface area contributed by atoms with E-state index in [2.05, 4.69) is 9.97 Å². The van der Waals surface area contributed by atoms with Gasteiger partial charge in [0.15, 0.2) is 0 Å². The maximum absolute atomic E-state index is 11.2. The molecule has 1 aromatic heterocycles. The van der Waals surface area contributed by atoms with Crippen LogP contribution in [0, 0.1) is 6.92 Å². The largest absolute Gasteiger partial charge is 0.545 e. The number of halogens is 1. The third-order valence-corrected chi connectivity index (χ3v) is 4.91. The SMILES string of the molecule is COc1ccc(-c2cc3nc(Oc4ccc(C)c(C(=O)[O-])c4)[nH]c3cc2Cl)cc1.[NH4+]. The number of H-pyrrole nitrogens is 1. The molecule has 0 amide bonds. The first kappa shape index (κ1) is 21.2. The highest BCUT2D eigenvalue weighted by Crippen LogP contribution is 2.34. The van der Waals surface area contributed by atoms with E-state index in [0.717, 1.165) is 16.9 Å². The monoisotopic (exact) mass is 425 g/mol. The summed E-state index contributed by atoms with van der Waals surface area (Å²) in [7, 11) is 1.61. The Morgan fingerprint density at radius 1 is 1.07 bits per heavy atom. The van der Waals surface area contributed by atoms with Gasteiger partial charge in [-0.3, -0.25) is 0 Å². The second kappa shape index (κ2) is 8.44. The lowest BCUT2D eigenvalue weighted by molar-refractivity contribution is -0.255. The molecule has 3 aromatic carbocycles. The minimum atomic E-state index is -1.26. The molecule has 1 heterocycles. The summed E-state index contributed by atoms with van der Waals surface area (Å²) in [6, 6.07) is 16.2. The lowest BCUT2D eigenvalue weighted by Gasteiger charge is -2.09. The van der Waals surface area contributed by atoms with Gasteiger partial charge in [0.05, 0.1) is 29.1 Å². The van der Waals surface area contributed by atoms with Crippen LogP contribution in [0.3, 0.4) is 0 Å². The van der Waals surface area contributed by atoms with E-state index < -0.39 is 5.97 Å². The number of hydrogen-bond donors (Lipinski definition) is 2. The van der Waals surface area contributed by atoms with Gasteiger partial charge in [0.2, 0.25) is 0 Å². The number of aromatic nitrogens is 2. The van der Waals surface area contributed by atoms with Gasteiger partial charge in [0, 0.05) is 11.1 Å². The van der Waals surface area contributed by atoms with Crippen molar-refractivity contribution in [3.05, 3.63) is 70.7 Å². The van der Waals surface area contributed by atoms with Crippen LogP contribution in [0.5, 0.6) is 17.5 Å². The summed E-state index contributed by atoms with van der Waals surface area (Å²) in [5, 5.41) is 11.8. The molecule has 0 aliphatic heterocycles. The Bertz CT molecular complexity index is 1220. The number of rotatable bonds is 5. The quantitative estimate of drug-likeness (QED) is 0.478. The van der Waals surface area contributed by atoms with E-state index in [1.165, 1.54) is 6.07 Å².